The Labute approximate surface area is 158 Å². The molecule has 1 aromatic carbocycles. The maximum absolute atomic E-state index is 12.4. The second-order valence-electron chi connectivity index (χ2n) is 6.99. The van der Waals surface area contributed by atoms with Crippen molar-refractivity contribution in [3.63, 3.8) is 0 Å². The van der Waals surface area contributed by atoms with E-state index >= 15 is 0 Å². The number of rotatable bonds is 5. The predicted molar refractivity (Wildman–Crippen MR) is 103 cm³/mol. The molecule has 140 valence electrons. The minimum atomic E-state index is -3.56. The minimum absolute atomic E-state index is 0.140. The number of sulfonamides is 1. The smallest absolute Gasteiger partial charge is 0.257 e. The molecule has 8 heteroatoms. The molecule has 0 aliphatic heterocycles. The van der Waals surface area contributed by atoms with Gasteiger partial charge in [0.15, 0.2) is 5.13 Å². The summed E-state index contributed by atoms with van der Waals surface area (Å²) in [7, 11) is -3.56. The quantitative estimate of drug-likeness (QED) is 0.816. The molecule has 0 spiro atoms. The zero-order valence-electron chi connectivity index (χ0n) is 15.1. The molecule has 2 aromatic rings. The number of hydrogen-bond acceptors (Lipinski definition) is 5. The fourth-order valence-electron chi connectivity index (χ4n) is 2.93. The SMILES string of the molecule is CC1CCc2nc(NC(=O)c3ccc(S(=O)(=O)NC(C)C)cc3)sc2C1. The summed E-state index contributed by atoms with van der Waals surface area (Å²) in [6.45, 7) is 5.74. The molecule has 3 rings (SSSR count). The summed E-state index contributed by atoms with van der Waals surface area (Å²) in [5, 5.41) is 3.43. The van der Waals surface area contributed by atoms with Gasteiger partial charge in [0.05, 0.1) is 10.6 Å². The number of carbonyl (C=O) groups excluding carboxylic acids is 1. The van der Waals surface area contributed by atoms with Gasteiger partial charge in [0, 0.05) is 16.5 Å². The van der Waals surface area contributed by atoms with E-state index in [1.807, 2.05) is 0 Å². The summed E-state index contributed by atoms with van der Waals surface area (Å²) >= 11 is 1.53. The summed E-state index contributed by atoms with van der Waals surface area (Å²) in [6.07, 6.45) is 3.10. The average molecular weight is 394 g/mol. The Bertz CT molecular complexity index is 902. The van der Waals surface area contributed by atoms with Crippen molar-refractivity contribution in [1.29, 1.82) is 0 Å². The summed E-state index contributed by atoms with van der Waals surface area (Å²) in [6, 6.07) is 5.71. The molecular formula is C18H23N3O3S2. The van der Waals surface area contributed by atoms with Crippen molar-refractivity contribution in [2.24, 2.45) is 5.92 Å². The average Bonchev–Trinajstić information content (AvgIpc) is 2.95. The molecule has 1 amide bonds. The van der Waals surface area contributed by atoms with Gasteiger partial charge in [-0.15, -0.1) is 11.3 Å². The van der Waals surface area contributed by atoms with E-state index in [1.165, 1.54) is 40.5 Å². The number of aromatic nitrogens is 1. The fourth-order valence-corrected chi connectivity index (χ4v) is 5.34. The van der Waals surface area contributed by atoms with E-state index in [-0.39, 0.29) is 16.8 Å². The molecule has 0 bridgehead atoms. The van der Waals surface area contributed by atoms with Crippen molar-refractivity contribution >= 4 is 32.4 Å². The first-order chi connectivity index (χ1) is 12.2. The van der Waals surface area contributed by atoms with Gasteiger partial charge in [0.1, 0.15) is 0 Å². The van der Waals surface area contributed by atoms with Gasteiger partial charge in [-0.3, -0.25) is 10.1 Å². The van der Waals surface area contributed by atoms with Crippen LogP contribution in [0.25, 0.3) is 0 Å². The Morgan fingerprint density at radius 1 is 1.27 bits per heavy atom. The van der Waals surface area contributed by atoms with Gasteiger partial charge >= 0.3 is 0 Å². The molecule has 6 nitrogen and oxygen atoms in total. The second-order valence-corrected chi connectivity index (χ2v) is 9.79. The van der Waals surface area contributed by atoms with Crippen LogP contribution in [0.15, 0.2) is 29.2 Å². The first-order valence-corrected chi connectivity index (χ1v) is 11.0. The maximum Gasteiger partial charge on any atom is 0.257 e. The van der Waals surface area contributed by atoms with Crippen molar-refractivity contribution in [3.8, 4) is 0 Å². The number of carbonyl (C=O) groups is 1. The zero-order valence-corrected chi connectivity index (χ0v) is 16.7. The third kappa shape index (κ3) is 4.31. The van der Waals surface area contributed by atoms with E-state index in [0.29, 0.717) is 16.6 Å². The highest BCUT2D eigenvalue weighted by Gasteiger charge is 2.21. The Kier molecular flexibility index (Phi) is 5.45. The van der Waals surface area contributed by atoms with Crippen LogP contribution in [0.5, 0.6) is 0 Å². The second kappa shape index (κ2) is 7.46. The normalized spacial score (nSPS) is 17.2. The van der Waals surface area contributed by atoms with Gasteiger partial charge < -0.3 is 0 Å². The van der Waals surface area contributed by atoms with Gasteiger partial charge in [-0.2, -0.15) is 0 Å². The lowest BCUT2D eigenvalue weighted by Gasteiger charge is -2.15. The molecule has 1 aromatic heterocycles. The van der Waals surface area contributed by atoms with E-state index in [4.69, 9.17) is 0 Å². The molecule has 26 heavy (non-hydrogen) atoms. The van der Waals surface area contributed by atoms with Crippen LogP contribution in [0.2, 0.25) is 0 Å². The number of amides is 1. The Balaban J connectivity index is 1.71. The molecule has 0 radical (unpaired) electrons. The van der Waals surface area contributed by atoms with Crippen molar-refractivity contribution in [2.75, 3.05) is 5.32 Å². The van der Waals surface area contributed by atoms with Crippen molar-refractivity contribution in [3.05, 3.63) is 40.4 Å². The number of nitrogens with one attached hydrogen (secondary N) is 2. The molecule has 0 fully saturated rings. The highest BCUT2D eigenvalue weighted by Crippen LogP contribution is 2.32. The lowest BCUT2D eigenvalue weighted by Crippen LogP contribution is -2.30. The minimum Gasteiger partial charge on any atom is -0.298 e. The fraction of sp³-hybridized carbons (Fsp3) is 0.444. The standard InChI is InChI=1S/C18H23N3O3S2/c1-11(2)21-26(23,24)14-7-5-13(6-8-14)17(22)20-18-19-15-9-4-12(3)10-16(15)25-18/h5-8,11-12,21H,4,9-10H2,1-3H3,(H,19,20,22). The molecule has 1 atom stereocenters. The lowest BCUT2D eigenvalue weighted by atomic mass is 9.93. The monoisotopic (exact) mass is 393 g/mol. The zero-order chi connectivity index (χ0) is 18.9. The topological polar surface area (TPSA) is 88.2 Å². The van der Waals surface area contributed by atoms with Gasteiger partial charge in [0.25, 0.3) is 5.91 Å². The highest BCUT2D eigenvalue weighted by molar-refractivity contribution is 7.89. The van der Waals surface area contributed by atoms with E-state index in [2.05, 4.69) is 21.9 Å². The van der Waals surface area contributed by atoms with Gasteiger partial charge in [-0.05, 0) is 63.3 Å². The van der Waals surface area contributed by atoms with Crippen LogP contribution in [0.3, 0.4) is 0 Å². The number of aryl methyl sites for hydroxylation is 1. The van der Waals surface area contributed by atoms with Crippen molar-refractivity contribution < 1.29 is 13.2 Å². The lowest BCUT2D eigenvalue weighted by molar-refractivity contribution is 0.102. The van der Waals surface area contributed by atoms with Crippen LogP contribution in [0.4, 0.5) is 5.13 Å². The van der Waals surface area contributed by atoms with Crippen LogP contribution < -0.4 is 10.0 Å². The number of nitrogens with zero attached hydrogens (tertiary/aromatic N) is 1. The number of anilines is 1. The van der Waals surface area contributed by atoms with Crippen molar-refractivity contribution in [1.82, 2.24) is 9.71 Å². The molecule has 2 N–H and O–H groups in total. The van der Waals surface area contributed by atoms with Crippen molar-refractivity contribution in [2.45, 2.75) is 51.0 Å². The maximum atomic E-state index is 12.4. The highest BCUT2D eigenvalue weighted by atomic mass is 32.2. The van der Waals surface area contributed by atoms with Gasteiger partial charge in [-0.25, -0.2) is 18.1 Å². The van der Waals surface area contributed by atoms with Crippen LogP contribution in [0, 0.1) is 5.92 Å². The molecule has 1 heterocycles. The third-order valence-corrected chi connectivity index (χ3v) is 6.93. The summed E-state index contributed by atoms with van der Waals surface area (Å²) in [5.74, 6) is 0.366. The molecule has 1 unspecified atom stereocenters. The van der Waals surface area contributed by atoms with E-state index in [9.17, 15) is 13.2 Å². The predicted octanol–water partition coefficient (Wildman–Crippen LogP) is 3.21. The molecule has 0 saturated heterocycles. The number of fused-ring (bicyclic) bond motifs is 1. The van der Waals surface area contributed by atoms with Gasteiger partial charge in [-0.1, -0.05) is 6.92 Å². The van der Waals surface area contributed by atoms with Gasteiger partial charge in [0.2, 0.25) is 10.0 Å². The molecule has 0 saturated carbocycles. The van der Waals surface area contributed by atoms with Crippen LogP contribution in [-0.4, -0.2) is 25.4 Å². The summed E-state index contributed by atoms with van der Waals surface area (Å²) < 4.78 is 26.8. The van der Waals surface area contributed by atoms with E-state index < -0.39 is 10.0 Å². The molecular weight excluding hydrogens is 370 g/mol. The van der Waals surface area contributed by atoms with Crippen LogP contribution in [0.1, 0.15) is 48.1 Å². The van der Waals surface area contributed by atoms with Crippen LogP contribution >= 0.6 is 11.3 Å². The first kappa shape index (κ1) is 19.0. The van der Waals surface area contributed by atoms with E-state index in [1.54, 1.807) is 13.8 Å². The molecule has 1 aliphatic carbocycles. The third-order valence-electron chi connectivity index (χ3n) is 4.22. The van der Waals surface area contributed by atoms with Crippen LogP contribution in [-0.2, 0) is 22.9 Å². The molecule has 1 aliphatic rings. The van der Waals surface area contributed by atoms with E-state index in [0.717, 1.165) is 25.0 Å². The number of thiazole rings is 1. The number of benzene rings is 1. The first-order valence-electron chi connectivity index (χ1n) is 8.67. The Morgan fingerprint density at radius 3 is 2.62 bits per heavy atom. The Morgan fingerprint density at radius 2 is 1.96 bits per heavy atom. The summed E-state index contributed by atoms with van der Waals surface area (Å²) in [5.41, 5.74) is 1.49. The summed E-state index contributed by atoms with van der Waals surface area (Å²) in [4.78, 5) is 18.3. The number of hydrogen-bond donors (Lipinski definition) is 2. The Hall–Kier alpha value is -1.77. The largest absolute Gasteiger partial charge is 0.298 e.